The lowest BCUT2D eigenvalue weighted by atomic mass is 9.76. The van der Waals surface area contributed by atoms with Crippen LogP contribution in [0.5, 0.6) is 0 Å². The molecule has 10 heteroatoms. The molecule has 0 radical (unpaired) electrons. The van der Waals surface area contributed by atoms with Gasteiger partial charge < -0.3 is 10.4 Å². The molecule has 3 heterocycles. The van der Waals surface area contributed by atoms with Gasteiger partial charge in [-0.15, -0.1) is 0 Å². The van der Waals surface area contributed by atoms with Gasteiger partial charge in [-0.2, -0.15) is 10.2 Å². The first-order valence-corrected chi connectivity index (χ1v) is 15.1. The zero-order valence-corrected chi connectivity index (χ0v) is 23.3. The number of aromatic nitrogens is 4. The zero-order valence-electron chi connectivity index (χ0n) is 22.5. The highest BCUT2D eigenvalue weighted by atomic mass is 32.2. The lowest BCUT2D eigenvalue weighted by Gasteiger charge is -2.31. The van der Waals surface area contributed by atoms with Gasteiger partial charge in [0, 0.05) is 17.5 Å². The average Bonchev–Trinajstić information content (AvgIpc) is 3.46. The van der Waals surface area contributed by atoms with Crippen molar-refractivity contribution in [1.29, 1.82) is 0 Å². The van der Waals surface area contributed by atoms with E-state index in [0.29, 0.717) is 24.2 Å². The van der Waals surface area contributed by atoms with Crippen LogP contribution in [0.15, 0.2) is 36.7 Å². The normalized spacial score (nSPS) is 20.0. The van der Waals surface area contributed by atoms with Crippen LogP contribution in [-0.2, 0) is 28.3 Å². The molecule has 1 saturated heterocycles. The maximum Gasteiger partial charge on any atom is 0.276 e. The number of carbonyl (C=O) groups excluding carboxylic acids is 1. The van der Waals surface area contributed by atoms with Crippen molar-refractivity contribution in [2.45, 2.75) is 71.4 Å². The highest BCUT2D eigenvalue weighted by Gasteiger charge is 2.34. The molecule has 1 atom stereocenters. The number of hydrogen-bond acceptors (Lipinski definition) is 6. The lowest BCUT2D eigenvalue weighted by molar-refractivity contribution is 0.0784. The van der Waals surface area contributed by atoms with Crippen molar-refractivity contribution < 1.29 is 18.3 Å². The quantitative estimate of drug-likeness (QED) is 0.434. The van der Waals surface area contributed by atoms with Crippen LogP contribution in [0.1, 0.15) is 85.9 Å². The molecule has 1 fully saturated rings. The Morgan fingerprint density at radius 3 is 2.71 bits per heavy atom. The number of aliphatic hydroxyl groups is 1. The van der Waals surface area contributed by atoms with E-state index in [-0.39, 0.29) is 34.8 Å². The molecule has 2 aromatic heterocycles. The van der Waals surface area contributed by atoms with Crippen molar-refractivity contribution in [1.82, 2.24) is 20.0 Å². The van der Waals surface area contributed by atoms with Crippen molar-refractivity contribution in [2.24, 2.45) is 11.3 Å². The largest absolute Gasteiger partial charge is 0.386 e. The van der Waals surface area contributed by atoms with Crippen molar-refractivity contribution in [3.05, 3.63) is 64.7 Å². The van der Waals surface area contributed by atoms with Crippen LogP contribution in [-0.4, -0.2) is 50.9 Å². The highest BCUT2D eigenvalue weighted by Crippen LogP contribution is 2.37. The molecular weight excluding hydrogens is 502 g/mol. The van der Waals surface area contributed by atoms with E-state index in [1.807, 2.05) is 28.9 Å². The molecule has 3 N–H and O–H groups in total. The van der Waals surface area contributed by atoms with E-state index in [2.05, 4.69) is 34.5 Å². The van der Waals surface area contributed by atoms with Crippen molar-refractivity contribution >= 4 is 21.4 Å². The number of nitrogens with zero attached hydrogens (tertiary/aromatic N) is 3. The van der Waals surface area contributed by atoms with Crippen molar-refractivity contribution in [2.75, 3.05) is 16.8 Å². The van der Waals surface area contributed by atoms with Gasteiger partial charge >= 0.3 is 0 Å². The molecule has 1 aromatic carbocycles. The highest BCUT2D eigenvalue weighted by molar-refractivity contribution is 7.91. The monoisotopic (exact) mass is 539 g/mol. The van der Waals surface area contributed by atoms with Gasteiger partial charge in [-0.1, -0.05) is 38.1 Å². The van der Waals surface area contributed by atoms with Crippen LogP contribution in [0, 0.1) is 11.3 Å². The van der Waals surface area contributed by atoms with Crippen LogP contribution >= 0.6 is 0 Å². The molecule has 204 valence electrons. The summed E-state index contributed by atoms with van der Waals surface area (Å²) in [4.78, 5) is 13.2. The number of sulfone groups is 1. The number of anilines is 1. The third kappa shape index (κ3) is 5.56. The number of H-pyrrole nitrogens is 1. The number of rotatable bonds is 6. The predicted molar refractivity (Wildman–Crippen MR) is 146 cm³/mol. The van der Waals surface area contributed by atoms with Crippen molar-refractivity contribution in [3.8, 4) is 0 Å². The molecule has 0 bridgehead atoms. The topological polar surface area (TPSA) is 130 Å². The van der Waals surface area contributed by atoms with E-state index in [4.69, 9.17) is 0 Å². The predicted octanol–water partition coefficient (Wildman–Crippen LogP) is 4.02. The minimum Gasteiger partial charge on any atom is -0.386 e. The second kappa shape index (κ2) is 9.64. The smallest absolute Gasteiger partial charge is 0.276 e. The number of aromatic amines is 1. The third-order valence-electron chi connectivity index (χ3n) is 8.00. The first kappa shape index (κ1) is 26.6. The van der Waals surface area contributed by atoms with Crippen LogP contribution < -0.4 is 5.32 Å². The summed E-state index contributed by atoms with van der Waals surface area (Å²) >= 11 is 0. The molecule has 0 spiro atoms. The standard InChI is InChI=1S/C28H37N5O4S/c1-27(2)11-8-22-23(15-27)31-32-24(22)26(34)30-21-16-29-33(17-21)25(18-9-12-38(36,37)13-10-18)19-6-5-7-20(14-19)28(3,4)35/h5-7,14,16-18,25,35H,8-13,15H2,1-4H3,(H,30,34)(H,31,32). The second-order valence-corrected chi connectivity index (χ2v) is 14.5. The fourth-order valence-electron chi connectivity index (χ4n) is 5.75. The third-order valence-corrected chi connectivity index (χ3v) is 9.72. The molecule has 5 rings (SSSR count). The van der Waals surface area contributed by atoms with E-state index in [9.17, 15) is 18.3 Å². The summed E-state index contributed by atoms with van der Waals surface area (Å²) < 4.78 is 26.1. The Morgan fingerprint density at radius 2 is 2.00 bits per heavy atom. The molecule has 38 heavy (non-hydrogen) atoms. The molecule has 1 amide bonds. The summed E-state index contributed by atoms with van der Waals surface area (Å²) in [5.74, 6) is 0.0585. The Hall–Kier alpha value is -2.98. The Bertz CT molecular complexity index is 1430. The van der Waals surface area contributed by atoms with Gasteiger partial charge in [0.15, 0.2) is 5.69 Å². The summed E-state index contributed by atoms with van der Waals surface area (Å²) in [5, 5.41) is 25.5. The maximum absolute atomic E-state index is 13.2. The SMILES string of the molecule is CC1(C)CCc2c(C(=O)Nc3cnn(C(c4cccc(C(C)(C)O)c4)C4CCS(=O)(=O)CC4)c3)n[nH]c2C1. The second-order valence-electron chi connectivity index (χ2n) is 12.2. The number of amides is 1. The molecule has 9 nitrogen and oxygen atoms in total. The Kier molecular flexibility index (Phi) is 6.76. The Labute approximate surface area is 224 Å². The number of carbonyl (C=O) groups is 1. The summed E-state index contributed by atoms with van der Waals surface area (Å²) in [6.07, 6.45) is 7.14. The van der Waals surface area contributed by atoms with Crippen LogP contribution in [0.25, 0.3) is 0 Å². The van der Waals surface area contributed by atoms with E-state index in [1.54, 1.807) is 26.2 Å². The number of nitrogens with one attached hydrogen (secondary N) is 2. The van der Waals surface area contributed by atoms with Crippen LogP contribution in [0.3, 0.4) is 0 Å². The first-order chi connectivity index (χ1) is 17.8. The maximum atomic E-state index is 13.2. The number of hydrogen-bond donors (Lipinski definition) is 3. The van der Waals surface area contributed by atoms with Gasteiger partial charge in [-0.05, 0) is 68.4 Å². The molecular formula is C28H37N5O4S. The summed E-state index contributed by atoms with van der Waals surface area (Å²) in [5.41, 5.74) is 3.88. The van der Waals surface area contributed by atoms with Gasteiger partial charge in [-0.25, -0.2) is 8.42 Å². The van der Waals surface area contributed by atoms with E-state index in [1.165, 1.54) is 0 Å². The van der Waals surface area contributed by atoms with E-state index < -0.39 is 15.4 Å². The van der Waals surface area contributed by atoms with Crippen LogP contribution in [0.4, 0.5) is 5.69 Å². The number of benzene rings is 1. The fourth-order valence-corrected chi connectivity index (χ4v) is 7.28. The Balaban J connectivity index is 1.42. The van der Waals surface area contributed by atoms with Gasteiger partial charge in [0.25, 0.3) is 5.91 Å². The molecule has 1 aliphatic heterocycles. The number of fused-ring (bicyclic) bond motifs is 1. The lowest BCUT2D eigenvalue weighted by Crippen LogP contribution is -2.31. The zero-order chi connectivity index (χ0) is 27.3. The summed E-state index contributed by atoms with van der Waals surface area (Å²) in [7, 11) is -3.03. The summed E-state index contributed by atoms with van der Waals surface area (Å²) in [6.45, 7) is 7.93. The average molecular weight is 540 g/mol. The molecule has 2 aliphatic rings. The van der Waals surface area contributed by atoms with Gasteiger partial charge in [0.2, 0.25) is 0 Å². The Morgan fingerprint density at radius 1 is 1.26 bits per heavy atom. The van der Waals surface area contributed by atoms with Crippen LogP contribution in [0.2, 0.25) is 0 Å². The van der Waals surface area contributed by atoms with E-state index in [0.717, 1.165) is 41.6 Å². The minimum atomic E-state index is -3.03. The molecule has 1 unspecified atom stereocenters. The van der Waals surface area contributed by atoms with Crippen molar-refractivity contribution in [3.63, 3.8) is 0 Å². The summed E-state index contributed by atoms with van der Waals surface area (Å²) in [6, 6.07) is 7.50. The van der Waals surface area contributed by atoms with Gasteiger partial charge in [0.1, 0.15) is 9.84 Å². The minimum absolute atomic E-state index is 0.0424. The van der Waals surface area contributed by atoms with Gasteiger partial charge in [0.05, 0.1) is 35.0 Å². The molecule has 1 aliphatic carbocycles. The molecule has 3 aromatic rings. The molecule has 0 saturated carbocycles. The first-order valence-electron chi connectivity index (χ1n) is 13.3. The van der Waals surface area contributed by atoms with Gasteiger partial charge in [-0.3, -0.25) is 14.6 Å². The van der Waals surface area contributed by atoms with E-state index >= 15 is 0 Å². The fraction of sp³-hybridized carbons (Fsp3) is 0.536.